The summed E-state index contributed by atoms with van der Waals surface area (Å²) in [6.45, 7) is 4.94. The summed E-state index contributed by atoms with van der Waals surface area (Å²) in [6, 6.07) is 0.354. The molecule has 0 aromatic heterocycles. The molecule has 0 aromatic carbocycles. The maximum atomic E-state index is 12.0. The van der Waals surface area contributed by atoms with E-state index in [1.54, 1.807) is 0 Å². The quantitative estimate of drug-likeness (QED) is 0.581. The van der Waals surface area contributed by atoms with E-state index in [1.165, 1.54) is 0 Å². The molecule has 5 heteroatoms. The molecule has 2 amide bonds. The summed E-state index contributed by atoms with van der Waals surface area (Å²) >= 11 is 0. The van der Waals surface area contributed by atoms with E-state index in [4.69, 9.17) is 0 Å². The third kappa shape index (κ3) is 2.28. The third-order valence-corrected chi connectivity index (χ3v) is 3.01. The van der Waals surface area contributed by atoms with Crippen LogP contribution in [0.4, 0.5) is 0 Å². The van der Waals surface area contributed by atoms with Gasteiger partial charge in [-0.1, -0.05) is 0 Å². The Morgan fingerprint density at radius 1 is 1.53 bits per heavy atom. The maximum Gasteiger partial charge on any atom is 0.228 e. The molecule has 2 heterocycles. The largest absolute Gasteiger partial charge is 0.355 e. The average molecular weight is 211 g/mol. The topological polar surface area (TPSA) is 61.4 Å². The molecule has 15 heavy (non-hydrogen) atoms. The van der Waals surface area contributed by atoms with Crippen molar-refractivity contribution in [1.82, 2.24) is 15.5 Å². The second-order valence-electron chi connectivity index (χ2n) is 4.34. The Kier molecular flexibility index (Phi) is 2.90. The van der Waals surface area contributed by atoms with Gasteiger partial charge in [0.25, 0.3) is 0 Å². The monoisotopic (exact) mass is 211 g/mol. The Hall–Kier alpha value is -1.10. The Balaban J connectivity index is 1.92. The van der Waals surface area contributed by atoms with Crippen LogP contribution in [0.3, 0.4) is 0 Å². The van der Waals surface area contributed by atoms with Gasteiger partial charge < -0.3 is 15.5 Å². The summed E-state index contributed by atoms with van der Waals surface area (Å²) in [6.07, 6.45) is 0.358. The minimum absolute atomic E-state index is 0.00321. The minimum Gasteiger partial charge on any atom is -0.355 e. The first-order valence-corrected chi connectivity index (χ1v) is 5.45. The lowest BCUT2D eigenvalue weighted by atomic mass is 10.1. The number of hydrogen-bond donors (Lipinski definition) is 2. The van der Waals surface area contributed by atoms with Crippen LogP contribution in [0.15, 0.2) is 0 Å². The molecule has 84 valence electrons. The molecule has 2 aliphatic heterocycles. The number of nitrogens with one attached hydrogen (secondary N) is 2. The van der Waals surface area contributed by atoms with Crippen LogP contribution in [0.2, 0.25) is 0 Å². The van der Waals surface area contributed by atoms with Crippen LogP contribution in [0.25, 0.3) is 0 Å². The summed E-state index contributed by atoms with van der Waals surface area (Å²) in [7, 11) is 0. The smallest absolute Gasteiger partial charge is 0.228 e. The molecule has 2 saturated heterocycles. The fraction of sp³-hybridized carbons (Fsp3) is 0.800. The summed E-state index contributed by atoms with van der Waals surface area (Å²) in [5, 5.41) is 5.99. The molecule has 2 rings (SSSR count). The van der Waals surface area contributed by atoms with E-state index in [0.717, 1.165) is 19.6 Å². The number of piperazine rings is 1. The molecular formula is C10H17N3O2. The first kappa shape index (κ1) is 10.4. The predicted molar refractivity (Wildman–Crippen MR) is 55.2 cm³/mol. The minimum atomic E-state index is -0.136. The van der Waals surface area contributed by atoms with Crippen molar-refractivity contribution < 1.29 is 9.59 Å². The van der Waals surface area contributed by atoms with Crippen LogP contribution in [0.5, 0.6) is 0 Å². The molecule has 2 fully saturated rings. The second kappa shape index (κ2) is 4.18. The van der Waals surface area contributed by atoms with Crippen LogP contribution in [-0.4, -0.2) is 48.9 Å². The Morgan fingerprint density at radius 2 is 2.33 bits per heavy atom. The van der Waals surface area contributed by atoms with Crippen molar-refractivity contribution >= 4 is 11.8 Å². The Bertz CT molecular complexity index is 280. The molecule has 2 atom stereocenters. The van der Waals surface area contributed by atoms with Crippen LogP contribution in [0.1, 0.15) is 13.3 Å². The highest BCUT2D eigenvalue weighted by Crippen LogP contribution is 2.13. The van der Waals surface area contributed by atoms with Gasteiger partial charge in [-0.2, -0.15) is 0 Å². The van der Waals surface area contributed by atoms with Crippen molar-refractivity contribution in [3.05, 3.63) is 0 Å². The molecule has 2 aliphatic rings. The van der Waals surface area contributed by atoms with E-state index in [2.05, 4.69) is 17.6 Å². The van der Waals surface area contributed by atoms with Crippen LogP contribution in [-0.2, 0) is 9.59 Å². The first-order valence-electron chi connectivity index (χ1n) is 5.45. The lowest BCUT2D eigenvalue weighted by Gasteiger charge is -2.33. The van der Waals surface area contributed by atoms with E-state index < -0.39 is 0 Å². The predicted octanol–water partition coefficient (Wildman–Crippen LogP) is -1.06. The van der Waals surface area contributed by atoms with E-state index in [-0.39, 0.29) is 17.7 Å². The van der Waals surface area contributed by atoms with Gasteiger partial charge in [0.1, 0.15) is 0 Å². The fourth-order valence-electron chi connectivity index (χ4n) is 2.17. The molecule has 0 saturated carbocycles. The zero-order valence-corrected chi connectivity index (χ0v) is 8.95. The van der Waals surface area contributed by atoms with Gasteiger partial charge in [0.2, 0.25) is 11.8 Å². The highest BCUT2D eigenvalue weighted by molar-refractivity contribution is 5.89. The van der Waals surface area contributed by atoms with Crippen molar-refractivity contribution in [1.29, 1.82) is 0 Å². The number of amides is 2. The second-order valence-corrected chi connectivity index (χ2v) is 4.34. The Morgan fingerprint density at radius 3 is 2.93 bits per heavy atom. The molecule has 0 spiro atoms. The zero-order chi connectivity index (χ0) is 10.8. The van der Waals surface area contributed by atoms with Crippen LogP contribution >= 0.6 is 0 Å². The molecule has 0 aliphatic carbocycles. The van der Waals surface area contributed by atoms with E-state index >= 15 is 0 Å². The van der Waals surface area contributed by atoms with Gasteiger partial charge in [0.05, 0.1) is 5.92 Å². The van der Waals surface area contributed by atoms with Gasteiger partial charge in [0.15, 0.2) is 0 Å². The zero-order valence-electron chi connectivity index (χ0n) is 8.95. The lowest BCUT2D eigenvalue weighted by molar-refractivity contribution is -0.136. The molecule has 0 radical (unpaired) electrons. The maximum absolute atomic E-state index is 12.0. The highest BCUT2D eigenvalue weighted by atomic mass is 16.2. The molecule has 0 bridgehead atoms. The molecule has 1 unspecified atom stereocenters. The summed E-state index contributed by atoms with van der Waals surface area (Å²) in [5.74, 6) is -0.0129. The SMILES string of the molecule is C[C@@H]1CN(C(=O)C2CNC(=O)C2)CCN1. The summed E-state index contributed by atoms with van der Waals surface area (Å²) < 4.78 is 0. The van der Waals surface area contributed by atoms with Gasteiger partial charge in [-0.15, -0.1) is 0 Å². The van der Waals surface area contributed by atoms with Crippen molar-refractivity contribution in [2.45, 2.75) is 19.4 Å². The summed E-state index contributed by atoms with van der Waals surface area (Å²) in [5.41, 5.74) is 0. The van der Waals surface area contributed by atoms with Crippen molar-refractivity contribution in [3.8, 4) is 0 Å². The van der Waals surface area contributed by atoms with Gasteiger partial charge in [-0.3, -0.25) is 9.59 Å². The Labute approximate surface area is 89.2 Å². The number of hydrogen-bond acceptors (Lipinski definition) is 3. The average Bonchev–Trinajstić information content (AvgIpc) is 2.64. The van der Waals surface area contributed by atoms with E-state index in [9.17, 15) is 9.59 Å². The van der Waals surface area contributed by atoms with Crippen molar-refractivity contribution in [2.75, 3.05) is 26.2 Å². The normalized spacial score (nSPS) is 31.5. The highest BCUT2D eigenvalue weighted by Gasteiger charge is 2.32. The van der Waals surface area contributed by atoms with Crippen LogP contribution < -0.4 is 10.6 Å². The van der Waals surface area contributed by atoms with Crippen molar-refractivity contribution in [3.63, 3.8) is 0 Å². The van der Waals surface area contributed by atoms with Gasteiger partial charge in [-0.25, -0.2) is 0 Å². The first-order chi connectivity index (χ1) is 7.16. The molecular weight excluding hydrogens is 194 g/mol. The standard InChI is InChI=1S/C10H17N3O2/c1-7-6-13(3-2-11-7)10(15)8-4-9(14)12-5-8/h7-8,11H,2-6H2,1H3,(H,12,14)/t7-,8?/m1/s1. The van der Waals surface area contributed by atoms with Gasteiger partial charge in [-0.05, 0) is 6.92 Å². The number of carbonyl (C=O) groups is 2. The number of nitrogens with zero attached hydrogens (tertiary/aromatic N) is 1. The summed E-state index contributed by atoms with van der Waals surface area (Å²) in [4.78, 5) is 24.9. The molecule has 0 aromatic rings. The number of carbonyl (C=O) groups excluding carboxylic acids is 2. The van der Waals surface area contributed by atoms with E-state index in [0.29, 0.717) is 19.0 Å². The van der Waals surface area contributed by atoms with Gasteiger partial charge >= 0.3 is 0 Å². The fourth-order valence-corrected chi connectivity index (χ4v) is 2.17. The third-order valence-electron chi connectivity index (χ3n) is 3.01. The van der Waals surface area contributed by atoms with Crippen molar-refractivity contribution in [2.24, 2.45) is 5.92 Å². The molecule has 2 N–H and O–H groups in total. The van der Waals surface area contributed by atoms with E-state index in [1.807, 2.05) is 4.90 Å². The van der Waals surface area contributed by atoms with Gasteiger partial charge in [0, 0.05) is 38.6 Å². The molecule has 5 nitrogen and oxygen atoms in total. The van der Waals surface area contributed by atoms with Crippen LogP contribution in [0, 0.1) is 5.92 Å². The number of rotatable bonds is 1. The lowest BCUT2D eigenvalue weighted by Crippen LogP contribution is -2.53.